The predicted molar refractivity (Wildman–Crippen MR) is 61.2 cm³/mol. The van der Waals surface area contributed by atoms with Crippen LogP contribution >= 0.6 is 0 Å². The molecule has 1 saturated carbocycles. The standard InChI is InChI=1S/C13H10F2N2O2/c14-9-5-4-7(6-10(9)15)12-16-13(19-17-12)8-2-1-3-11(8)18/h4-6,8H,1-3H2. The highest BCUT2D eigenvalue weighted by Gasteiger charge is 2.31. The first-order valence-corrected chi connectivity index (χ1v) is 5.97. The Kier molecular flexibility index (Phi) is 2.85. The summed E-state index contributed by atoms with van der Waals surface area (Å²) in [6.07, 6.45) is 2.03. The molecule has 0 radical (unpaired) electrons. The van der Waals surface area contributed by atoms with Crippen molar-refractivity contribution in [1.29, 1.82) is 0 Å². The van der Waals surface area contributed by atoms with E-state index in [-0.39, 0.29) is 23.4 Å². The van der Waals surface area contributed by atoms with Gasteiger partial charge in [-0.3, -0.25) is 4.79 Å². The Balaban J connectivity index is 1.92. The molecule has 1 atom stereocenters. The van der Waals surface area contributed by atoms with Crippen LogP contribution < -0.4 is 0 Å². The highest BCUT2D eigenvalue weighted by atomic mass is 19.2. The van der Waals surface area contributed by atoms with E-state index in [0.717, 1.165) is 18.6 Å². The molecule has 0 aliphatic heterocycles. The average Bonchev–Trinajstić information content (AvgIpc) is 3.01. The van der Waals surface area contributed by atoms with E-state index >= 15 is 0 Å². The zero-order valence-electron chi connectivity index (χ0n) is 9.90. The number of benzene rings is 1. The first kappa shape index (κ1) is 12.0. The summed E-state index contributed by atoms with van der Waals surface area (Å²) in [6, 6.07) is 3.37. The maximum Gasteiger partial charge on any atom is 0.237 e. The molecule has 1 aliphatic rings. The van der Waals surface area contributed by atoms with Crippen LogP contribution in [0.5, 0.6) is 0 Å². The van der Waals surface area contributed by atoms with Gasteiger partial charge in [0.15, 0.2) is 11.6 Å². The Morgan fingerprint density at radius 1 is 1.26 bits per heavy atom. The van der Waals surface area contributed by atoms with Gasteiger partial charge in [-0.2, -0.15) is 4.98 Å². The van der Waals surface area contributed by atoms with Crippen molar-refractivity contribution < 1.29 is 18.1 Å². The van der Waals surface area contributed by atoms with E-state index in [0.29, 0.717) is 18.4 Å². The first-order valence-electron chi connectivity index (χ1n) is 5.97. The summed E-state index contributed by atoms with van der Waals surface area (Å²) in [6.45, 7) is 0. The molecule has 4 nitrogen and oxygen atoms in total. The zero-order chi connectivity index (χ0) is 13.4. The van der Waals surface area contributed by atoms with E-state index in [2.05, 4.69) is 10.1 Å². The predicted octanol–water partition coefficient (Wildman–Crippen LogP) is 2.85. The third-order valence-electron chi connectivity index (χ3n) is 3.22. The molecule has 98 valence electrons. The lowest BCUT2D eigenvalue weighted by molar-refractivity contribution is -0.119. The van der Waals surface area contributed by atoms with Crippen molar-refractivity contribution in [3.05, 3.63) is 35.7 Å². The second kappa shape index (κ2) is 4.53. The van der Waals surface area contributed by atoms with Crippen LogP contribution in [-0.4, -0.2) is 15.9 Å². The molecule has 6 heteroatoms. The molecule has 0 spiro atoms. The number of carbonyl (C=O) groups is 1. The van der Waals surface area contributed by atoms with Gasteiger partial charge in [0.05, 0.1) is 5.92 Å². The number of carbonyl (C=O) groups excluding carboxylic acids is 1. The number of Topliss-reactive ketones (excluding diaryl/α,β-unsaturated/α-hetero) is 1. The molecule has 0 amide bonds. The van der Waals surface area contributed by atoms with Gasteiger partial charge in [-0.25, -0.2) is 8.78 Å². The number of rotatable bonds is 2. The zero-order valence-corrected chi connectivity index (χ0v) is 9.90. The fourth-order valence-corrected chi connectivity index (χ4v) is 2.21. The third-order valence-corrected chi connectivity index (χ3v) is 3.22. The van der Waals surface area contributed by atoms with Gasteiger partial charge in [-0.15, -0.1) is 0 Å². The van der Waals surface area contributed by atoms with Crippen LogP contribution in [0.15, 0.2) is 22.7 Å². The second-order valence-electron chi connectivity index (χ2n) is 4.50. The van der Waals surface area contributed by atoms with Crippen molar-refractivity contribution in [3.8, 4) is 11.4 Å². The van der Waals surface area contributed by atoms with E-state index in [1.54, 1.807) is 0 Å². The Morgan fingerprint density at radius 2 is 2.11 bits per heavy atom. The quantitative estimate of drug-likeness (QED) is 0.836. The third kappa shape index (κ3) is 2.14. The van der Waals surface area contributed by atoms with Crippen LogP contribution in [0.3, 0.4) is 0 Å². The highest BCUT2D eigenvalue weighted by molar-refractivity contribution is 5.86. The average molecular weight is 264 g/mol. The van der Waals surface area contributed by atoms with E-state index in [4.69, 9.17) is 4.52 Å². The number of aromatic nitrogens is 2. The summed E-state index contributed by atoms with van der Waals surface area (Å²) in [7, 11) is 0. The molecule has 3 rings (SSSR count). The van der Waals surface area contributed by atoms with Gasteiger partial charge in [0.1, 0.15) is 5.78 Å². The molecule has 1 aromatic carbocycles. The summed E-state index contributed by atoms with van der Waals surface area (Å²) in [5.41, 5.74) is 0.319. The lowest BCUT2D eigenvalue weighted by Gasteiger charge is -1.98. The van der Waals surface area contributed by atoms with Gasteiger partial charge in [0.25, 0.3) is 0 Å². The van der Waals surface area contributed by atoms with Crippen LogP contribution in [-0.2, 0) is 4.79 Å². The topological polar surface area (TPSA) is 56.0 Å². The maximum absolute atomic E-state index is 13.1. The molecule has 1 aromatic heterocycles. The molecular weight excluding hydrogens is 254 g/mol. The van der Waals surface area contributed by atoms with Crippen LogP contribution in [0.25, 0.3) is 11.4 Å². The van der Waals surface area contributed by atoms with E-state index in [1.807, 2.05) is 0 Å². The number of nitrogens with zero attached hydrogens (tertiary/aromatic N) is 2. The van der Waals surface area contributed by atoms with E-state index in [1.165, 1.54) is 6.07 Å². The first-order chi connectivity index (χ1) is 9.15. The minimum absolute atomic E-state index is 0.0838. The Bertz CT molecular complexity index is 639. The molecule has 2 aromatic rings. The SMILES string of the molecule is O=C1CCCC1c1nc(-c2ccc(F)c(F)c2)no1. The van der Waals surface area contributed by atoms with Crippen LogP contribution in [0.2, 0.25) is 0 Å². The maximum atomic E-state index is 13.1. The molecule has 0 saturated heterocycles. The smallest absolute Gasteiger partial charge is 0.237 e. The fraction of sp³-hybridized carbons (Fsp3) is 0.308. The van der Waals surface area contributed by atoms with Crippen molar-refractivity contribution in [2.75, 3.05) is 0 Å². The number of ketones is 1. The van der Waals surface area contributed by atoms with E-state index in [9.17, 15) is 13.6 Å². The minimum Gasteiger partial charge on any atom is -0.338 e. The summed E-state index contributed by atoms with van der Waals surface area (Å²) in [4.78, 5) is 15.7. The Hall–Kier alpha value is -2.11. The molecule has 1 unspecified atom stereocenters. The number of hydrogen-bond donors (Lipinski definition) is 0. The summed E-state index contributed by atoms with van der Waals surface area (Å²) < 4.78 is 31.0. The molecule has 19 heavy (non-hydrogen) atoms. The van der Waals surface area contributed by atoms with Gasteiger partial charge < -0.3 is 4.52 Å². The van der Waals surface area contributed by atoms with Crippen molar-refractivity contribution in [2.24, 2.45) is 0 Å². The summed E-state index contributed by atoms with van der Waals surface area (Å²) >= 11 is 0. The lowest BCUT2D eigenvalue weighted by atomic mass is 10.1. The van der Waals surface area contributed by atoms with Gasteiger partial charge in [-0.1, -0.05) is 5.16 Å². The summed E-state index contributed by atoms with van der Waals surface area (Å²) in [5.74, 6) is -1.76. The molecular formula is C13H10F2N2O2. The molecule has 0 bridgehead atoms. The second-order valence-corrected chi connectivity index (χ2v) is 4.50. The van der Waals surface area contributed by atoms with Crippen molar-refractivity contribution in [3.63, 3.8) is 0 Å². The monoisotopic (exact) mass is 264 g/mol. The van der Waals surface area contributed by atoms with Crippen LogP contribution in [0.4, 0.5) is 8.78 Å². The molecule has 0 N–H and O–H groups in total. The molecule has 1 heterocycles. The van der Waals surface area contributed by atoms with Crippen molar-refractivity contribution in [2.45, 2.75) is 25.2 Å². The van der Waals surface area contributed by atoms with Gasteiger partial charge in [0, 0.05) is 12.0 Å². The van der Waals surface area contributed by atoms with Gasteiger partial charge in [0.2, 0.25) is 11.7 Å². The largest absolute Gasteiger partial charge is 0.338 e. The number of hydrogen-bond acceptors (Lipinski definition) is 4. The molecule has 1 fully saturated rings. The number of halogens is 2. The fourth-order valence-electron chi connectivity index (χ4n) is 2.21. The van der Waals surface area contributed by atoms with Crippen LogP contribution in [0.1, 0.15) is 31.1 Å². The Morgan fingerprint density at radius 3 is 2.79 bits per heavy atom. The lowest BCUT2D eigenvalue weighted by Crippen LogP contribution is -2.04. The van der Waals surface area contributed by atoms with Crippen molar-refractivity contribution in [1.82, 2.24) is 10.1 Å². The van der Waals surface area contributed by atoms with Gasteiger partial charge >= 0.3 is 0 Å². The highest BCUT2D eigenvalue weighted by Crippen LogP contribution is 2.31. The van der Waals surface area contributed by atoms with Crippen molar-refractivity contribution >= 4 is 5.78 Å². The van der Waals surface area contributed by atoms with E-state index < -0.39 is 11.6 Å². The minimum atomic E-state index is -0.971. The van der Waals surface area contributed by atoms with Gasteiger partial charge in [-0.05, 0) is 31.0 Å². The molecule has 1 aliphatic carbocycles. The Labute approximate surface area is 107 Å². The normalized spacial score (nSPS) is 19.1. The van der Waals surface area contributed by atoms with Crippen LogP contribution in [0, 0.1) is 11.6 Å². The summed E-state index contributed by atoms with van der Waals surface area (Å²) in [5, 5.41) is 3.71.